The number of nitrogens with one attached hydrogen (secondary N) is 1. The molecule has 1 aromatic rings. The van der Waals surface area contributed by atoms with Crippen molar-refractivity contribution in [2.24, 2.45) is 0 Å². The number of aliphatic hydroxyl groups is 1. The van der Waals surface area contributed by atoms with Gasteiger partial charge in [-0.05, 0) is 25.5 Å². The Morgan fingerprint density at radius 1 is 1.47 bits per heavy atom. The molecular weight excluding hydrogens is 216 g/mol. The van der Waals surface area contributed by atoms with Crippen molar-refractivity contribution in [1.29, 1.82) is 0 Å². The SMILES string of the molecule is CCCC(C)(O)CNc1ccc(OC)cc1N. The van der Waals surface area contributed by atoms with Gasteiger partial charge in [0.25, 0.3) is 0 Å². The van der Waals surface area contributed by atoms with Crippen molar-refractivity contribution in [3.8, 4) is 5.75 Å². The van der Waals surface area contributed by atoms with Crippen LogP contribution in [0, 0.1) is 0 Å². The summed E-state index contributed by atoms with van der Waals surface area (Å²) in [6, 6.07) is 5.46. The first-order chi connectivity index (χ1) is 7.98. The van der Waals surface area contributed by atoms with Crippen LogP contribution in [-0.2, 0) is 0 Å². The molecule has 1 unspecified atom stereocenters. The predicted octanol–water partition coefficient (Wildman–Crippen LogP) is 2.24. The van der Waals surface area contributed by atoms with E-state index >= 15 is 0 Å². The van der Waals surface area contributed by atoms with Crippen molar-refractivity contribution in [3.63, 3.8) is 0 Å². The molecule has 0 aliphatic carbocycles. The smallest absolute Gasteiger partial charge is 0.121 e. The van der Waals surface area contributed by atoms with Crippen molar-refractivity contribution >= 4 is 11.4 Å². The highest BCUT2D eigenvalue weighted by Gasteiger charge is 2.18. The minimum atomic E-state index is -0.707. The van der Waals surface area contributed by atoms with Gasteiger partial charge in [-0.15, -0.1) is 0 Å². The lowest BCUT2D eigenvalue weighted by atomic mass is 10.0. The Balaban J connectivity index is 2.63. The van der Waals surface area contributed by atoms with E-state index in [9.17, 15) is 5.11 Å². The summed E-state index contributed by atoms with van der Waals surface area (Å²) in [4.78, 5) is 0. The summed E-state index contributed by atoms with van der Waals surface area (Å²) in [5.74, 6) is 0.730. The van der Waals surface area contributed by atoms with E-state index < -0.39 is 5.60 Å². The maximum atomic E-state index is 10.0. The topological polar surface area (TPSA) is 67.5 Å². The van der Waals surface area contributed by atoms with Gasteiger partial charge in [-0.3, -0.25) is 0 Å². The molecule has 0 radical (unpaired) electrons. The molecule has 4 heteroatoms. The van der Waals surface area contributed by atoms with E-state index in [-0.39, 0.29) is 0 Å². The number of benzene rings is 1. The summed E-state index contributed by atoms with van der Waals surface area (Å²) in [5, 5.41) is 13.2. The monoisotopic (exact) mass is 238 g/mol. The van der Waals surface area contributed by atoms with Crippen molar-refractivity contribution in [1.82, 2.24) is 0 Å². The summed E-state index contributed by atoms with van der Waals surface area (Å²) in [7, 11) is 1.61. The minimum Gasteiger partial charge on any atom is -0.497 e. The van der Waals surface area contributed by atoms with Gasteiger partial charge in [0, 0.05) is 12.6 Å². The van der Waals surface area contributed by atoms with Gasteiger partial charge in [-0.2, -0.15) is 0 Å². The molecule has 0 saturated heterocycles. The Labute approximate surface area is 103 Å². The second kappa shape index (κ2) is 5.77. The van der Waals surface area contributed by atoms with Crippen LogP contribution in [0.15, 0.2) is 18.2 Å². The van der Waals surface area contributed by atoms with E-state index in [0.29, 0.717) is 12.2 Å². The minimum absolute atomic E-state index is 0.484. The summed E-state index contributed by atoms with van der Waals surface area (Å²) in [6.45, 7) is 4.36. The van der Waals surface area contributed by atoms with Crippen LogP contribution < -0.4 is 15.8 Å². The zero-order valence-corrected chi connectivity index (χ0v) is 10.8. The fourth-order valence-electron chi connectivity index (χ4n) is 1.74. The summed E-state index contributed by atoms with van der Waals surface area (Å²) in [5.41, 5.74) is 6.61. The van der Waals surface area contributed by atoms with Gasteiger partial charge < -0.3 is 20.9 Å². The molecule has 4 nitrogen and oxygen atoms in total. The van der Waals surface area contributed by atoms with Crippen LogP contribution in [0.3, 0.4) is 0 Å². The van der Waals surface area contributed by atoms with Crippen molar-refractivity contribution in [2.75, 3.05) is 24.7 Å². The van der Waals surface area contributed by atoms with Crippen LogP contribution >= 0.6 is 0 Å². The molecule has 0 bridgehead atoms. The number of hydrogen-bond donors (Lipinski definition) is 3. The standard InChI is InChI=1S/C13H22N2O2/c1-4-7-13(2,16)9-15-12-6-5-10(17-3)8-11(12)14/h5-6,8,15-16H,4,7,9,14H2,1-3H3. The molecule has 1 atom stereocenters. The third-order valence-corrected chi connectivity index (χ3v) is 2.71. The largest absolute Gasteiger partial charge is 0.497 e. The summed E-state index contributed by atoms with van der Waals surface area (Å²) >= 11 is 0. The van der Waals surface area contributed by atoms with Gasteiger partial charge in [0.2, 0.25) is 0 Å². The van der Waals surface area contributed by atoms with Gasteiger partial charge in [0.05, 0.1) is 24.1 Å². The first-order valence-electron chi connectivity index (χ1n) is 5.88. The molecule has 0 fully saturated rings. The third-order valence-electron chi connectivity index (χ3n) is 2.71. The van der Waals surface area contributed by atoms with E-state index in [4.69, 9.17) is 10.5 Å². The molecule has 0 aromatic heterocycles. The lowest BCUT2D eigenvalue weighted by Crippen LogP contribution is -2.33. The van der Waals surface area contributed by atoms with E-state index in [0.717, 1.165) is 24.3 Å². The second-order valence-electron chi connectivity index (χ2n) is 4.55. The molecule has 4 N–H and O–H groups in total. The van der Waals surface area contributed by atoms with Gasteiger partial charge >= 0.3 is 0 Å². The zero-order valence-electron chi connectivity index (χ0n) is 10.8. The first-order valence-corrected chi connectivity index (χ1v) is 5.88. The van der Waals surface area contributed by atoms with Crippen LogP contribution in [0.4, 0.5) is 11.4 Å². The van der Waals surface area contributed by atoms with Crippen LogP contribution in [0.25, 0.3) is 0 Å². The average molecular weight is 238 g/mol. The maximum absolute atomic E-state index is 10.0. The predicted molar refractivity (Wildman–Crippen MR) is 71.4 cm³/mol. The van der Waals surface area contributed by atoms with Gasteiger partial charge in [0.15, 0.2) is 0 Å². The average Bonchev–Trinajstić information content (AvgIpc) is 2.27. The maximum Gasteiger partial charge on any atom is 0.121 e. The molecule has 0 aliphatic heterocycles. The van der Waals surface area contributed by atoms with E-state index in [1.165, 1.54) is 0 Å². The van der Waals surface area contributed by atoms with Crippen molar-refractivity contribution < 1.29 is 9.84 Å². The Hall–Kier alpha value is -1.42. The van der Waals surface area contributed by atoms with Crippen LogP contribution in [0.5, 0.6) is 5.75 Å². The van der Waals surface area contributed by atoms with E-state index in [1.54, 1.807) is 13.2 Å². The Kier molecular flexibility index (Phi) is 4.63. The first kappa shape index (κ1) is 13.6. The number of hydrogen-bond acceptors (Lipinski definition) is 4. The molecule has 1 aromatic carbocycles. The number of rotatable bonds is 6. The quantitative estimate of drug-likeness (QED) is 0.665. The number of nitrogen functional groups attached to an aromatic ring is 1. The van der Waals surface area contributed by atoms with Gasteiger partial charge in [0.1, 0.15) is 5.75 Å². The van der Waals surface area contributed by atoms with Crippen molar-refractivity contribution in [2.45, 2.75) is 32.3 Å². The highest BCUT2D eigenvalue weighted by molar-refractivity contribution is 5.68. The molecule has 0 amide bonds. The molecule has 17 heavy (non-hydrogen) atoms. The molecule has 0 spiro atoms. The molecule has 1 rings (SSSR count). The number of ether oxygens (including phenoxy) is 1. The van der Waals surface area contributed by atoms with E-state index in [2.05, 4.69) is 12.2 Å². The van der Waals surface area contributed by atoms with Crippen molar-refractivity contribution in [3.05, 3.63) is 18.2 Å². The fraction of sp³-hybridized carbons (Fsp3) is 0.538. The van der Waals surface area contributed by atoms with Gasteiger partial charge in [-0.25, -0.2) is 0 Å². The third kappa shape index (κ3) is 4.15. The highest BCUT2D eigenvalue weighted by atomic mass is 16.5. The lowest BCUT2D eigenvalue weighted by Gasteiger charge is -2.24. The number of methoxy groups -OCH3 is 1. The molecule has 0 heterocycles. The van der Waals surface area contributed by atoms with Crippen LogP contribution in [0.1, 0.15) is 26.7 Å². The molecule has 0 aliphatic rings. The van der Waals surface area contributed by atoms with E-state index in [1.807, 2.05) is 19.1 Å². The zero-order chi connectivity index (χ0) is 12.9. The number of anilines is 2. The summed E-state index contributed by atoms with van der Waals surface area (Å²) < 4.78 is 5.08. The Bertz CT molecular complexity index is 364. The van der Waals surface area contributed by atoms with Gasteiger partial charge in [-0.1, -0.05) is 13.3 Å². The molecule has 0 saturated carbocycles. The molecule has 96 valence electrons. The summed E-state index contributed by atoms with van der Waals surface area (Å²) in [6.07, 6.45) is 1.71. The van der Waals surface area contributed by atoms with Crippen LogP contribution in [-0.4, -0.2) is 24.4 Å². The lowest BCUT2D eigenvalue weighted by molar-refractivity contribution is 0.0637. The Morgan fingerprint density at radius 2 is 2.18 bits per heavy atom. The Morgan fingerprint density at radius 3 is 2.71 bits per heavy atom. The second-order valence-corrected chi connectivity index (χ2v) is 4.55. The highest BCUT2D eigenvalue weighted by Crippen LogP contribution is 2.25. The fourth-order valence-corrected chi connectivity index (χ4v) is 1.74. The molecular formula is C13H22N2O2. The van der Waals surface area contributed by atoms with Crippen LogP contribution in [0.2, 0.25) is 0 Å². The normalized spacial score (nSPS) is 14.1. The number of nitrogens with two attached hydrogens (primary N) is 1.